The molecule has 0 unspecified atom stereocenters. The summed E-state index contributed by atoms with van der Waals surface area (Å²) < 4.78 is 1.35. The molecular weight excluding hydrogens is 204 g/mol. The number of hydrogen-bond donors (Lipinski definition) is 0. The molecule has 1 aromatic carbocycles. The lowest BCUT2D eigenvalue weighted by atomic mass is 10.1. The third kappa shape index (κ3) is 4.67. The van der Waals surface area contributed by atoms with Crippen LogP contribution in [0.25, 0.3) is 0 Å². The van der Waals surface area contributed by atoms with Crippen LogP contribution in [0.15, 0.2) is 24.3 Å². The van der Waals surface area contributed by atoms with E-state index in [4.69, 9.17) is 9.07 Å². The van der Waals surface area contributed by atoms with Crippen molar-refractivity contribution >= 4 is 32.0 Å². The van der Waals surface area contributed by atoms with Crippen molar-refractivity contribution in [1.29, 1.82) is 0 Å². The summed E-state index contributed by atoms with van der Waals surface area (Å²) in [5.41, 5.74) is 1.46. The number of aryl methyl sites for hydroxylation is 1. The van der Waals surface area contributed by atoms with Gasteiger partial charge in [-0.05, 0) is 18.4 Å². The van der Waals surface area contributed by atoms with E-state index in [1.165, 1.54) is 41.4 Å². The SMILES string of the molecule is CCCCCCc1cc[c]([Mg][Cl])cc1. The Hall–Kier alpha value is 0.276. The van der Waals surface area contributed by atoms with Gasteiger partial charge in [0.2, 0.25) is 0 Å². The highest BCUT2D eigenvalue weighted by Crippen LogP contribution is 2.06. The largest absolute Gasteiger partial charge is 0.538 e. The zero-order valence-electron chi connectivity index (χ0n) is 8.93. The van der Waals surface area contributed by atoms with Gasteiger partial charge in [0, 0.05) is 0 Å². The maximum absolute atomic E-state index is 5.86. The molecule has 0 aliphatic carbocycles. The predicted molar refractivity (Wildman–Crippen MR) is 65.5 cm³/mol. The van der Waals surface area contributed by atoms with Crippen molar-refractivity contribution in [2.75, 3.05) is 0 Å². The quantitative estimate of drug-likeness (QED) is 0.510. The minimum absolute atomic E-state index is 0.480. The van der Waals surface area contributed by atoms with Gasteiger partial charge in [0.15, 0.2) is 0 Å². The Morgan fingerprint density at radius 3 is 2.36 bits per heavy atom. The van der Waals surface area contributed by atoms with E-state index in [2.05, 4.69) is 31.2 Å². The van der Waals surface area contributed by atoms with Crippen molar-refractivity contribution in [3.63, 3.8) is 0 Å². The van der Waals surface area contributed by atoms with Gasteiger partial charge >= 0.3 is 19.3 Å². The third-order valence-electron chi connectivity index (χ3n) is 2.50. The normalized spacial score (nSPS) is 9.86. The fourth-order valence-electron chi connectivity index (χ4n) is 1.55. The van der Waals surface area contributed by atoms with Crippen LogP contribution in [0.3, 0.4) is 0 Å². The Morgan fingerprint density at radius 2 is 1.79 bits per heavy atom. The molecule has 0 bridgehead atoms. The highest BCUT2D eigenvalue weighted by Gasteiger charge is 1.96. The number of halogens is 1. The summed E-state index contributed by atoms with van der Waals surface area (Å²) in [4.78, 5) is 0. The second-order valence-corrected chi connectivity index (χ2v) is 5.65. The number of hydrogen-bond acceptors (Lipinski definition) is 0. The Morgan fingerprint density at radius 1 is 1.07 bits per heavy atom. The van der Waals surface area contributed by atoms with E-state index in [0.717, 1.165) is 0 Å². The standard InChI is InChI=1S/C12H17.ClH.Mg/c1-2-3-4-6-9-12-10-7-5-8-11-12;;/h7-8,10-11H,2-4,6,9H2,1H3;1H;/q;;+1/p-1. The molecule has 1 rings (SSSR count). The van der Waals surface area contributed by atoms with E-state index in [9.17, 15) is 0 Å². The van der Waals surface area contributed by atoms with Crippen LogP contribution in [0.1, 0.15) is 38.2 Å². The van der Waals surface area contributed by atoms with E-state index in [1.54, 1.807) is 0 Å². The van der Waals surface area contributed by atoms with Gasteiger partial charge in [-0.25, -0.2) is 0 Å². The van der Waals surface area contributed by atoms with E-state index < -0.39 is 19.3 Å². The van der Waals surface area contributed by atoms with Crippen LogP contribution < -0.4 is 3.69 Å². The van der Waals surface area contributed by atoms with Gasteiger partial charge in [-0.15, -0.1) is 3.69 Å². The molecule has 0 aliphatic rings. The van der Waals surface area contributed by atoms with Crippen LogP contribution in [0.2, 0.25) is 0 Å². The van der Waals surface area contributed by atoms with Crippen LogP contribution >= 0.6 is 9.07 Å². The fraction of sp³-hybridized carbons (Fsp3) is 0.500. The van der Waals surface area contributed by atoms with Crippen molar-refractivity contribution < 1.29 is 0 Å². The first-order valence-electron chi connectivity index (χ1n) is 5.50. The van der Waals surface area contributed by atoms with Crippen LogP contribution in [0.5, 0.6) is 0 Å². The van der Waals surface area contributed by atoms with Crippen molar-refractivity contribution in [2.45, 2.75) is 39.0 Å². The maximum Gasteiger partial charge on any atom is 0.538 e. The molecule has 0 aliphatic heterocycles. The van der Waals surface area contributed by atoms with Crippen LogP contribution in [-0.2, 0) is 6.42 Å². The average molecular weight is 221 g/mol. The van der Waals surface area contributed by atoms with Gasteiger partial charge in [0.05, 0.1) is 0 Å². The van der Waals surface area contributed by atoms with E-state index >= 15 is 0 Å². The molecule has 0 amide bonds. The first-order chi connectivity index (χ1) is 6.86. The predicted octanol–water partition coefficient (Wildman–Crippen LogP) is 3.29. The topological polar surface area (TPSA) is 0 Å². The van der Waals surface area contributed by atoms with Gasteiger partial charge in [-0.1, -0.05) is 50.5 Å². The van der Waals surface area contributed by atoms with Gasteiger partial charge in [-0.2, -0.15) is 0 Å². The van der Waals surface area contributed by atoms with Crippen molar-refractivity contribution in [1.82, 2.24) is 0 Å². The number of unbranched alkanes of at least 4 members (excludes halogenated alkanes) is 3. The Balaban J connectivity index is 2.29. The smallest absolute Gasteiger partial charge is 0.336 e. The summed E-state index contributed by atoms with van der Waals surface area (Å²) in [6.07, 6.45) is 6.60. The molecule has 0 nitrogen and oxygen atoms in total. The molecular formula is C12H17ClMg. The maximum atomic E-state index is 5.86. The lowest BCUT2D eigenvalue weighted by molar-refractivity contribution is 0.667. The average Bonchev–Trinajstić information content (AvgIpc) is 2.25. The zero-order chi connectivity index (χ0) is 10.2. The summed E-state index contributed by atoms with van der Waals surface area (Å²) in [6.45, 7) is 2.25. The van der Waals surface area contributed by atoms with E-state index in [0.29, 0.717) is 0 Å². The Bertz CT molecular complexity index is 243. The molecule has 0 spiro atoms. The highest BCUT2D eigenvalue weighted by molar-refractivity contribution is 7.01. The van der Waals surface area contributed by atoms with Gasteiger partial charge in [0.1, 0.15) is 0 Å². The first kappa shape index (κ1) is 12.3. The van der Waals surface area contributed by atoms with Gasteiger partial charge in [-0.3, -0.25) is 0 Å². The van der Waals surface area contributed by atoms with Crippen molar-refractivity contribution in [2.24, 2.45) is 0 Å². The first-order valence-corrected chi connectivity index (χ1v) is 8.35. The summed E-state index contributed by atoms with van der Waals surface area (Å²) in [5.74, 6) is 0. The second kappa shape index (κ2) is 7.55. The zero-order valence-corrected chi connectivity index (χ0v) is 11.1. The molecule has 0 N–H and O–H groups in total. The van der Waals surface area contributed by atoms with E-state index in [-0.39, 0.29) is 0 Å². The minimum Gasteiger partial charge on any atom is -0.336 e. The van der Waals surface area contributed by atoms with E-state index in [1.807, 2.05) is 0 Å². The highest BCUT2D eigenvalue weighted by atomic mass is 35.5. The molecule has 0 aromatic heterocycles. The summed E-state index contributed by atoms with van der Waals surface area (Å²) >= 11 is -0.480. The number of benzene rings is 1. The van der Waals surface area contributed by atoms with Gasteiger partial charge in [0.25, 0.3) is 0 Å². The van der Waals surface area contributed by atoms with Crippen molar-refractivity contribution in [3.8, 4) is 0 Å². The Labute approximate surface area is 101 Å². The van der Waals surface area contributed by atoms with Gasteiger partial charge < -0.3 is 9.07 Å². The Kier molecular flexibility index (Phi) is 6.66. The molecule has 0 saturated carbocycles. The molecule has 0 fully saturated rings. The molecule has 0 radical (unpaired) electrons. The van der Waals surface area contributed by atoms with Crippen molar-refractivity contribution in [3.05, 3.63) is 29.8 Å². The minimum atomic E-state index is -0.480. The molecule has 74 valence electrons. The lowest BCUT2D eigenvalue weighted by Crippen LogP contribution is -2.07. The van der Waals surface area contributed by atoms with Crippen LogP contribution in [0, 0.1) is 0 Å². The monoisotopic (exact) mass is 220 g/mol. The lowest BCUT2D eigenvalue weighted by Gasteiger charge is -2.02. The molecule has 0 heterocycles. The van der Waals surface area contributed by atoms with Crippen LogP contribution in [0.4, 0.5) is 0 Å². The summed E-state index contributed by atoms with van der Waals surface area (Å²) in [6, 6.07) is 8.84. The van der Waals surface area contributed by atoms with Crippen LogP contribution in [-0.4, -0.2) is 19.3 Å². The molecule has 0 saturated heterocycles. The third-order valence-corrected chi connectivity index (χ3v) is 4.20. The molecule has 14 heavy (non-hydrogen) atoms. The summed E-state index contributed by atoms with van der Waals surface area (Å²) in [5, 5.41) is 0. The number of rotatable bonds is 6. The molecule has 1 aromatic rings. The fourth-order valence-corrected chi connectivity index (χ4v) is 2.50. The summed E-state index contributed by atoms with van der Waals surface area (Å²) in [7, 11) is 5.86. The molecule has 0 atom stereocenters. The second-order valence-electron chi connectivity index (χ2n) is 3.76. The molecule has 2 heteroatoms.